The molecule has 0 atom stereocenters. The molecule has 1 aromatic rings. The van der Waals surface area contributed by atoms with Crippen molar-refractivity contribution in [1.29, 1.82) is 0 Å². The lowest BCUT2D eigenvalue weighted by molar-refractivity contribution is 0.318. The molecule has 0 saturated carbocycles. The molecule has 0 fully saturated rings. The molecule has 0 bridgehead atoms. The van der Waals surface area contributed by atoms with Crippen molar-refractivity contribution in [3.05, 3.63) is 35.1 Å². The Morgan fingerprint density at radius 3 is 2.70 bits per heavy atom. The van der Waals surface area contributed by atoms with Crippen LogP contribution in [0.3, 0.4) is 0 Å². The van der Waals surface area contributed by atoms with E-state index in [-0.39, 0.29) is 23.7 Å². The highest BCUT2D eigenvalue weighted by atomic mass is 32.2. The third-order valence-corrected chi connectivity index (χ3v) is 3.67. The SMILES string of the molecule is CN(CCS(C)(=O)=O)Cc1cccc(/C(N)=N/O)c1F. The standard InChI is InChI=1S/C12H18FN3O3S/c1-16(6-7-20(2,18)19)8-9-4-3-5-10(11(9)13)12(14)15-17/h3-5,17H,6-8H2,1-2H3,(H2,14,15). The maximum atomic E-state index is 14.1. The molecule has 6 nitrogen and oxygen atoms in total. The van der Waals surface area contributed by atoms with Crippen LogP contribution in [0.4, 0.5) is 4.39 Å². The van der Waals surface area contributed by atoms with Crippen LogP contribution in [0.2, 0.25) is 0 Å². The number of oxime groups is 1. The van der Waals surface area contributed by atoms with E-state index in [0.29, 0.717) is 12.1 Å². The van der Waals surface area contributed by atoms with Crippen molar-refractivity contribution >= 4 is 15.7 Å². The summed E-state index contributed by atoms with van der Waals surface area (Å²) in [6.07, 6.45) is 1.15. The zero-order valence-corrected chi connectivity index (χ0v) is 12.2. The van der Waals surface area contributed by atoms with Crippen LogP contribution in [0.15, 0.2) is 23.4 Å². The molecule has 0 aliphatic rings. The molecular formula is C12H18FN3O3S. The van der Waals surface area contributed by atoms with Crippen molar-refractivity contribution in [3.63, 3.8) is 0 Å². The summed E-state index contributed by atoms with van der Waals surface area (Å²) in [4.78, 5) is 1.69. The number of amidine groups is 1. The first-order chi connectivity index (χ1) is 9.24. The minimum Gasteiger partial charge on any atom is -0.409 e. The number of halogens is 1. The monoisotopic (exact) mass is 303 g/mol. The summed E-state index contributed by atoms with van der Waals surface area (Å²) < 4.78 is 36.3. The number of hydrogen-bond donors (Lipinski definition) is 2. The first-order valence-electron chi connectivity index (χ1n) is 5.86. The van der Waals surface area contributed by atoms with E-state index in [9.17, 15) is 12.8 Å². The predicted molar refractivity (Wildman–Crippen MR) is 75.0 cm³/mol. The van der Waals surface area contributed by atoms with Gasteiger partial charge in [0.2, 0.25) is 0 Å². The van der Waals surface area contributed by atoms with Gasteiger partial charge < -0.3 is 15.8 Å². The van der Waals surface area contributed by atoms with Gasteiger partial charge in [-0.1, -0.05) is 17.3 Å². The fourth-order valence-corrected chi connectivity index (χ4v) is 2.29. The van der Waals surface area contributed by atoms with Crippen molar-refractivity contribution in [1.82, 2.24) is 4.90 Å². The number of benzene rings is 1. The number of sulfone groups is 1. The van der Waals surface area contributed by atoms with Crippen LogP contribution in [0.25, 0.3) is 0 Å². The predicted octanol–water partition coefficient (Wildman–Crippen LogP) is 0.397. The van der Waals surface area contributed by atoms with Gasteiger partial charge in [-0.3, -0.25) is 0 Å². The van der Waals surface area contributed by atoms with Crippen molar-refractivity contribution in [2.45, 2.75) is 6.54 Å². The van der Waals surface area contributed by atoms with E-state index in [4.69, 9.17) is 10.9 Å². The van der Waals surface area contributed by atoms with Crippen LogP contribution in [0.5, 0.6) is 0 Å². The molecule has 112 valence electrons. The van der Waals surface area contributed by atoms with E-state index in [0.717, 1.165) is 6.26 Å². The minimum absolute atomic E-state index is 0.00501. The Balaban J connectivity index is 2.83. The van der Waals surface area contributed by atoms with Crippen molar-refractivity contribution in [2.24, 2.45) is 10.9 Å². The quantitative estimate of drug-likeness (QED) is 0.343. The zero-order valence-electron chi connectivity index (χ0n) is 11.4. The topological polar surface area (TPSA) is 96.0 Å². The van der Waals surface area contributed by atoms with Gasteiger partial charge in [-0.2, -0.15) is 0 Å². The summed E-state index contributed by atoms with van der Waals surface area (Å²) in [6.45, 7) is 0.528. The fourth-order valence-electron chi connectivity index (χ4n) is 1.65. The molecule has 0 aromatic heterocycles. The Morgan fingerprint density at radius 1 is 1.50 bits per heavy atom. The van der Waals surface area contributed by atoms with Crippen molar-refractivity contribution in [3.8, 4) is 0 Å². The molecule has 0 aliphatic heterocycles. The molecule has 0 amide bonds. The van der Waals surface area contributed by atoms with E-state index in [2.05, 4.69) is 5.16 Å². The lowest BCUT2D eigenvalue weighted by Gasteiger charge is -2.17. The van der Waals surface area contributed by atoms with Gasteiger partial charge in [0.15, 0.2) is 5.84 Å². The first-order valence-corrected chi connectivity index (χ1v) is 7.92. The van der Waals surface area contributed by atoms with Crippen LogP contribution >= 0.6 is 0 Å². The molecule has 3 N–H and O–H groups in total. The summed E-state index contributed by atoms with van der Waals surface area (Å²) in [7, 11) is -1.36. The van der Waals surface area contributed by atoms with Gasteiger partial charge in [0.25, 0.3) is 0 Å². The van der Waals surface area contributed by atoms with E-state index in [1.807, 2.05) is 0 Å². The van der Waals surface area contributed by atoms with Crippen molar-refractivity contribution in [2.75, 3.05) is 25.6 Å². The Labute approximate surface area is 117 Å². The highest BCUT2D eigenvalue weighted by molar-refractivity contribution is 7.90. The van der Waals surface area contributed by atoms with Gasteiger partial charge in [0, 0.05) is 24.9 Å². The molecule has 0 heterocycles. The Kier molecular flexibility index (Phi) is 5.46. The Bertz CT molecular complexity index is 602. The second kappa shape index (κ2) is 6.67. The molecular weight excluding hydrogens is 285 g/mol. The van der Waals surface area contributed by atoms with Gasteiger partial charge in [-0.15, -0.1) is 0 Å². The first kappa shape index (κ1) is 16.4. The highest BCUT2D eigenvalue weighted by Crippen LogP contribution is 2.14. The van der Waals surface area contributed by atoms with E-state index >= 15 is 0 Å². The molecule has 1 aromatic carbocycles. The fraction of sp³-hybridized carbons (Fsp3) is 0.417. The van der Waals surface area contributed by atoms with Crippen LogP contribution in [-0.4, -0.2) is 50.0 Å². The van der Waals surface area contributed by atoms with Crippen molar-refractivity contribution < 1.29 is 18.0 Å². The largest absolute Gasteiger partial charge is 0.409 e. The number of nitrogens with zero attached hydrogens (tertiary/aromatic N) is 2. The van der Waals surface area contributed by atoms with E-state index < -0.39 is 15.7 Å². The zero-order chi connectivity index (χ0) is 15.3. The average Bonchev–Trinajstić information content (AvgIpc) is 2.37. The van der Waals surface area contributed by atoms with Gasteiger partial charge in [0.1, 0.15) is 15.7 Å². The maximum absolute atomic E-state index is 14.1. The minimum atomic E-state index is -3.05. The molecule has 8 heteroatoms. The summed E-state index contributed by atoms with van der Waals surface area (Å²) in [6, 6.07) is 4.57. The van der Waals surface area contributed by atoms with E-state index in [1.54, 1.807) is 24.1 Å². The molecule has 0 radical (unpaired) electrons. The molecule has 0 saturated heterocycles. The number of hydrogen-bond acceptors (Lipinski definition) is 5. The van der Waals surface area contributed by atoms with Gasteiger partial charge in [-0.05, 0) is 13.1 Å². The Hall–Kier alpha value is -1.67. The van der Waals surface area contributed by atoms with Gasteiger partial charge >= 0.3 is 0 Å². The molecule has 0 aliphatic carbocycles. The maximum Gasteiger partial charge on any atom is 0.173 e. The summed E-state index contributed by atoms with van der Waals surface area (Å²) in [5.41, 5.74) is 5.74. The third-order valence-electron chi connectivity index (χ3n) is 2.75. The molecule has 0 spiro atoms. The average molecular weight is 303 g/mol. The Morgan fingerprint density at radius 2 is 2.15 bits per heavy atom. The lowest BCUT2D eigenvalue weighted by Crippen LogP contribution is -2.26. The number of nitrogens with two attached hydrogens (primary N) is 1. The summed E-state index contributed by atoms with van der Waals surface area (Å²) in [5.74, 6) is -0.873. The number of rotatable bonds is 6. The van der Waals surface area contributed by atoms with Crippen LogP contribution in [-0.2, 0) is 16.4 Å². The molecule has 1 rings (SSSR count). The lowest BCUT2D eigenvalue weighted by atomic mass is 10.1. The normalized spacial score (nSPS) is 12.9. The molecule has 20 heavy (non-hydrogen) atoms. The van der Waals surface area contributed by atoms with Gasteiger partial charge in [0.05, 0.1) is 11.3 Å². The third kappa shape index (κ3) is 4.78. The molecule has 0 unspecified atom stereocenters. The van der Waals surface area contributed by atoms with Crippen LogP contribution < -0.4 is 5.73 Å². The second-order valence-electron chi connectivity index (χ2n) is 4.63. The summed E-state index contributed by atoms with van der Waals surface area (Å²) >= 11 is 0. The second-order valence-corrected chi connectivity index (χ2v) is 6.89. The highest BCUT2D eigenvalue weighted by Gasteiger charge is 2.13. The van der Waals surface area contributed by atoms with Crippen LogP contribution in [0, 0.1) is 5.82 Å². The van der Waals surface area contributed by atoms with Gasteiger partial charge in [-0.25, -0.2) is 12.8 Å². The summed E-state index contributed by atoms with van der Waals surface area (Å²) in [5, 5.41) is 11.3. The van der Waals surface area contributed by atoms with E-state index in [1.165, 1.54) is 6.07 Å². The van der Waals surface area contributed by atoms with Crippen LogP contribution in [0.1, 0.15) is 11.1 Å². The smallest absolute Gasteiger partial charge is 0.173 e.